The lowest BCUT2D eigenvalue weighted by atomic mass is 9.85. The Labute approximate surface area is 93.6 Å². The quantitative estimate of drug-likeness (QED) is 0.676. The topological polar surface area (TPSA) is 29.3 Å². The molecule has 1 unspecified atom stereocenters. The molecule has 0 aromatic heterocycles. The molecule has 0 fully saturated rings. The van der Waals surface area contributed by atoms with E-state index in [1.807, 2.05) is 11.8 Å². The van der Waals surface area contributed by atoms with Crippen molar-refractivity contribution in [3.63, 3.8) is 0 Å². The molecule has 0 saturated heterocycles. The van der Waals surface area contributed by atoms with E-state index in [0.29, 0.717) is 5.41 Å². The summed E-state index contributed by atoms with van der Waals surface area (Å²) in [7, 11) is 2.19. The number of hydrogen-bond acceptors (Lipinski definition) is 3. The number of nitrogens with zero attached hydrogens (tertiary/aromatic N) is 1. The minimum absolute atomic E-state index is 0.307. The molecule has 0 aliphatic carbocycles. The van der Waals surface area contributed by atoms with Gasteiger partial charge in [-0.1, -0.05) is 20.3 Å². The molecule has 0 bridgehead atoms. The first kappa shape index (κ1) is 14.3. The SMILES string of the molecule is CCCC(C)(CN)CN(C)CCSC. The first-order chi connectivity index (χ1) is 6.58. The zero-order chi connectivity index (χ0) is 11.0. The van der Waals surface area contributed by atoms with Crippen molar-refractivity contribution in [2.75, 3.05) is 38.7 Å². The zero-order valence-corrected chi connectivity index (χ0v) is 11.0. The van der Waals surface area contributed by atoms with E-state index < -0.39 is 0 Å². The van der Waals surface area contributed by atoms with E-state index in [2.05, 4.69) is 32.1 Å². The highest BCUT2D eigenvalue weighted by atomic mass is 32.2. The fourth-order valence-electron chi connectivity index (χ4n) is 1.83. The summed E-state index contributed by atoms with van der Waals surface area (Å²) < 4.78 is 0. The van der Waals surface area contributed by atoms with Crippen LogP contribution in [0.2, 0.25) is 0 Å². The Morgan fingerprint density at radius 3 is 2.50 bits per heavy atom. The van der Waals surface area contributed by atoms with Gasteiger partial charge < -0.3 is 10.6 Å². The minimum atomic E-state index is 0.307. The van der Waals surface area contributed by atoms with Crippen LogP contribution in [0.4, 0.5) is 0 Å². The van der Waals surface area contributed by atoms with Crippen molar-refractivity contribution in [1.29, 1.82) is 0 Å². The van der Waals surface area contributed by atoms with Crippen molar-refractivity contribution in [3.05, 3.63) is 0 Å². The maximum Gasteiger partial charge on any atom is 0.00694 e. The Morgan fingerprint density at radius 1 is 1.43 bits per heavy atom. The maximum absolute atomic E-state index is 5.84. The predicted octanol–water partition coefficient (Wildman–Crippen LogP) is 2.05. The Hall–Kier alpha value is 0.270. The van der Waals surface area contributed by atoms with Gasteiger partial charge in [0.15, 0.2) is 0 Å². The molecular weight excluding hydrogens is 192 g/mol. The number of rotatable bonds is 8. The first-order valence-corrected chi connectivity index (χ1v) is 6.85. The van der Waals surface area contributed by atoms with Gasteiger partial charge in [-0.2, -0.15) is 11.8 Å². The molecule has 0 aliphatic rings. The lowest BCUT2D eigenvalue weighted by molar-refractivity contribution is 0.192. The molecule has 2 nitrogen and oxygen atoms in total. The van der Waals surface area contributed by atoms with Crippen molar-refractivity contribution in [1.82, 2.24) is 4.90 Å². The second kappa shape index (κ2) is 7.55. The molecule has 0 amide bonds. The molecule has 86 valence electrons. The molecule has 0 radical (unpaired) electrons. The Kier molecular flexibility index (Phi) is 7.69. The summed E-state index contributed by atoms with van der Waals surface area (Å²) in [6.07, 6.45) is 4.61. The van der Waals surface area contributed by atoms with Gasteiger partial charge in [-0.05, 0) is 31.7 Å². The van der Waals surface area contributed by atoms with Crippen LogP contribution in [0.3, 0.4) is 0 Å². The summed E-state index contributed by atoms with van der Waals surface area (Å²) in [5.74, 6) is 1.21. The van der Waals surface area contributed by atoms with E-state index >= 15 is 0 Å². The van der Waals surface area contributed by atoms with Gasteiger partial charge in [-0.25, -0.2) is 0 Å². The summed E-state index contributed by atoms with van der Waals surface area (Å²) in [6, 6.07) is 0. The van der Waals surface area contributed by atoms with Crippen LogP contribution >= 0.6 is 11.8 Å². The third kappa shape index (κ3) is 5.89. The van der Waals surface area contributed by atoms with Gasteiger partial charge in [0, 0.05) is 18.8 Å². The van der Waals surface area contributed by atoms with E-state index in [-0.39, 0.29) is 0 Å². The van der Waals surface area contributed by atoms with Crippen LogP contribution in [0, 0.1) is 5.41 Å². The van der Waals surface area contributed by atoms with Crippen molar-refractivity contribution in [2.24, 2.45) is 11.1 Å². The van der Waals surface area contributed by atoms with Gasteiger partial charge >= 0.3 is 0 Å². The minimum Gasteiger partial charge on any atom is -0.330 e. The molecule has 1 atom stereocenters. The molecule has 0 spiro atoms. The summed E-state index contributed by atoms with van der Waals surface area (Å²) in [5.41, 5.74) is 6.15. The number of nitrogens with two attached hydrogens (primary N) is 1. The normalized spacial score (nSPS) is 15.9. The van der Waals surface area contributed by atoms with Gasteiger partial charge in [0.2, 0.25) is 0 Å². The van der Waals surface area contributed by atoms with E-state index in [0.717, 1.165) is 13.1 Å². The molecular formula is C11H26N2S. The summed E-state index contributed by atoms with van der Waals surface area (Å²) in [5, 5.41) is 0. The molecule has 2 N–H and O–H groups in total. The third-order valence-corrected chi connectivity index (χ3v) is 3.27. The Balaban J connectivity index is 3.89. The molecule has 0 rings (SSSR count). The highest BCUT2D eigenvalue weighted by Gasteiger charge is 2.22. The van der Waals surface area contributed by atoms with Crippen molar-refractivity contribution < 1.29 is 0 Å². The van der Waals surface area contributed by atoms with Gasteiger partial charge in [-0.15, -0.1) is 0 Å². The molecule has 3 heteroatoms. The molecule has 0 aromatic rings. The molecule has 0 aliphatic heterocycles. The fourth-order valence-corrected chi connectivity index (χ4v) is 2.32. The Morgan fingerprint density at radius 2 is 2.07 bits per heavy atom. The smallest absolute Gasteiger partial charge is 0.00694 e. The number of hydrogen-bond donors (Lipinski definition) is 1. The lowest BCUT2D eigenvalue weighted by Gasteiger charge is -2.32. The van der Waals surface area contributed by atoms with E-state index in [1.54, 1.807) is 0 Å². The average Bonchev–Trinajstić information content (AvgIpc) is 2.15. The first-order valence-electron chi connectivity index (χ1n) is 5.45. The summed E-state index contributed by atoms with van der Waals surface area (Å²) in [4.78, 5) is 2.40. The highest BCUT2D eigenvalue weighted by Crippen LogP contribution is 2.22. The standard InChI is InChI=1S/C11H26N2S/c1-5-6-11(2,9-12)10-13(3)7-8-14-4/h5-10,12H2,1-4H3. The van der Waals surface area contributed by atoms with Crippen LogP contribution < -0.4 is 5.73 Å². The largest absolute Gasteiger partial charge is 0.330 e. The van der Waals surface area contributed by atoms with Crippen molar-refractivity contribution in [2.45, 2.75) is 26.7 Å². The molecule has 0 saturated carbocycles. The van der Waals surface area contributed by atoms with E-state index in [9.17, 15) is 0 Å². The van der Waals surface area contributed by atoms with Crippen LogP contribution in [0.15, 0.2) is 0 Å². The highest BCUT2D eigenvalue weighted by molar-refractivity contribution is 7.98. The third-order valence-electron chi connectivity index (χ3n) is 2.68. The zero-order valence-electron chi connectivity index (χ0n) is 10.2. The summed E-state index contributed by atoms with van der Waals surface area (Å²) >= 11 is 1.90. The predicted molar refractivity (Wildman–Crippen MR) is 67.9 cm³/mol. The molecule has 0 heterocycles. The molecule has 14 heavy (non-hydrogen) atoms. The second-order valence-corrected chi connectivity index (χ2v) is 5.48. The van der Waals surface area contributed by atoms with Crippen LogP contribution in [0.25, 0.3) is 0 Å². The summed E-state index contributed by atoms with van der Waals surface area (Å²) in [6.45, 7) is 7.62. The monoisotopic (exact) mass is 218 g/mol. The fraction of sp³-hybridized carbons (Fsp3) is 1.00. The second-order valence-electron chi connectivity index (χ2n) is 4.50. The van der Waals surface area contributed by atoms with Crippen LogP contribution in [0.5, 0.6) is 0 Å². The van der Waals surface area contributed by atoms with Gasteiger partial charge in [0.05, 0.1) is 0 Å². The van der Waals surface area contributed by atoms with Crippen molar-refractivity contribution >= 4 is 11.8 Å². The van der Waals surface area contributed by atoms with Crippen LogP contribution in [0.1, 0.15) is 26.7 Å². The van der Waals surface area contributed by atoms with E-state index in [4.69, 9.17) is 5.73 Å². The molecule has 0 aromatic carbocycles. The Bertz CT molecular complexity index is 141. The van der Waals surface area contributed by atoms with E-state index in [1.165, 1.54) is 25.1 Å². The van der Waals surface area contributed by atoms with Crippen LogP contribution in [-0.4, -0.2) is 43.6 Å². The van der Waals surface area contributed by atoms with Gasteiger partial charge in [0.25, 0.3) is 0 Å². The number of thioether (sulfide) groups is 1. The van der Waals surface area contributed by atoms with Gasteiger partial charge in [0.1, 0.15) is 0 Å². The lowest BCUT2D eigenvalue weighted by Crippen LogP contribution is -2.39. The average molecular weight is 218 g/mol. The van der Waals surface area contributed by atoms with Gasteiger partial charge in [-0.3, -0.25) is 0 Å². The maximum atomic E-state index is 5.84. The van der Waals surface area contributed by atoms with Crippen LogP contribution in [-0.2, 0) is 0 Å². The van der Waals surface area contributed by atoms with Crippen molar-refractivity contribution in [3.8, 4) is 0 Å².